The molecule has 0 radical (unpaired) electrons. The summed E-state index contributed by atoms with van der Waals surface area (Å²) >= 11 is 0. The van der Waals surface area contributed by atoms with Gasteiger partial charge in [-0.1, -0.05) is 54.1 Å². The zero-order chi connectivity index (χ0) is 44.7. The van der Waals surface area contributed by atoms with Crippen molar-refractivity contribution in [1.29, 1.82) is 0 Å². The smallest absolute Gasteiger partial charge is 0.161 e. The van der Waals surface area contributed by atoms with Gasteiger partial charge in [0.25, 0.3) is 0 Å². The van der Waals surface area contributed by atoms with Crippen LogP contribution in [0.3, 0.4) is 0 Å². The third-order valence-corrected chi connectivity index (χ3v) is 10.3. The Bertz CT molecular complexity index is 1990. The second-order valence-corrected chi connectivity index (χ2v) is 15.5. The molecule has 15 nitrogen and oxygen atoms in total. The zero-order valence-electron chi connectivity index (χ0n) is 37.9. The highest BCUT2D eigenvalue weighted by atomic mass is 16.6. The van der Waals surface area contributed by atoms with Crippen LogP contribution in [-0.2, 0) is 56.5 Å². The van der Waals surface area contributed by atoms with Crippen molar-refractivity contribution in [1.82, 2.24) is 15.0 Å². The molecule has 1 aromatic heterocycles. The molecule has 0 spiro atoms. The van der Waals surface area contributed by atoms with Gasteiger partial charge in [-0.2, -0.15) is 0 Å². The summed E-state index contributed by atoms with van der Waals surface area (Å²) in [7, 11) is 0. The van der Waals surface area contributed by atoms with E-state index >= 15 is 0 Å². The Morgan fingerprint density at radius 1 is 0.492 bits per heavy atom. The van der Waals surface area contributed by atoms with Gasteiger partial charge in [0.05, 0.1) is 78.8 Å². The van der Waals surface area contributed by atoms with E-state index in [1.54, 1.807) is 0 Å². The Morgan fingerprint density at radius 3 is 1.71 bits per heavy atom. The highest BCUT2D eigenvalue weighted by molar-refractivity contribution is 5.43. The van der Waals surface area contributed by atoms with Crippen LogP contribution in [0.15, 0.2) is 103 Å². The van der Waals surface area contributed by atoms with Crippen molar-refractivity contribution < 1.29 is 58.0 Å². The number of benzene rings is 4. The molecule has 0 bridgehead atoms. The van der Waals surface area contributed by atoms with Crippen LogP contribution < -0.4 is 34.3 Å². The van der Waals surface area contributed by atoms with Crippen LogP contribution in [0.2, 0.25) is 0 Å². The van der Waals surface area contributed by atoms with E-state index in [1.807, 2.05) is 59.4 Å². The summed E-state index contributed by atoms with van der Waals surface area (Å²) in [6.07, 6.45) is 6.74. The molecule has 0 atom stereocenters. The minimum atomic E-state index is 0.372. The minimum Gasteiger partial charge on any atom is -0.491 e. The highest BCUT2D eigenvalue weighted by Gasteiger charge is 2.11. The third-order valence-electron chi connectivity index (χ3n) is 10.3. The molecule has 1 aliphatic heterocycles. The molecule has 4 N–H and O–H groups in total. The average molecular weight is 900 g/mol. The number of hydrogen-bond donors (Lipinski definition) is 2. The molecule has 2 heterocycles. The molecule has 5 aromatic rings. The van der Waals surface area contributed by atoms with Crippen LogP contribution in [0.1, 0.15) is 48.1 Å². The summed E-state index contributed by atoms with van der Waals surface area (Å²) in [6.45, 7) is 11.1. The Hall–Kier alpha value is -5.26. The fourth-order valence-corrected chi connectivity index (χ4v) is 6.92. The van der Waals surface area contributed by atoms with Gasteiger partial charge < -0.3 is 58.0 Å². The fourth-order valence-electron chi connectivity index (χ4n) is 6.92. The monoisotopic (exact) mass is 900 g/mol. The number of aromatic nitrogens is 3. The van der Waals surface area contributed by atoms with Gasteiger partial charge >= 0.3 is 0 Å². The maximum atomic E-state index is 6.16. The van der Waals surface area contributed by atoms with E-state index in [1.165, 1.54) is 30.4 Å². The molecule has 4 aromatic carbocycles. The summed E-state index contributed by atoms with van der Waals surface area (Å²) < 4.78 is 60.5. The lowest BCUT2D eigenvalue weighted by atomic mass is 10.2. The van der Waals surface area contributed by atoms with Gasteiger partial charge in [0.1, 0.15) is 64.1 Å². The van der Waals surface area contributed by atoms with Gasteiger partial charge in [-0.05, 0) is 73.9 Å². The Balaban J connectivity index is 0.826. The number of rotatable bonds is 19. The number of ether oxygens (including phenoxy) is 10. The van der Waals surface area contributed by atoms with Gasteiger partial charge in [-0.3, -0.25) is 4.68 Å². The molecule has 0 amide bonds. The first-order valence-electron chi connectivity index (χ1n) is 23.2. The van der Waals surface area contributed by atoms with Crippen LogP contribution in [0.5, 0.6) is 28.7 Å². The van der Waals surface area contributed by atoms with E-state index in [0.29, 0.717) is 122 Å². The first kappa shape index (κ1) is 49.2. The number of fused-ring (bicyclic) bond motifs is 2. The van der Waals surface area contributed by atoms with Crippen molar-refractivity contribution in [3.8, 4) is 28.7 Å². The maximum absolute atomic E-state index is 6.16. The van der Waals surface area contributed by atoms with Gasteiger partial charge in [-0.15, -0.1) is 5.10 Å². The normalized spacial score (nSPS) is 14.9. The van der Waals surface area contributed by atoms with E-state index in [2.05, 4.69) is 69.5 Å². The Labute approximate surface area is 383 Å². The lowest BCUT2D eigenvalue weighted by Gasteiger charge is -2.15. The molecule has 0 saturated carbocycles. The number of unbranched alkanes of at least 4 members (excludes halogenated alkanes) is 3. The summed E-state index contributed by atoms with van der Waals surface area (Å²) in [4.78, 5) is 0. The molecular formula is C50H69N5O10+2. The average Bonchev–Trinajstić information content (AvgIpc) is 3.79. The summed E-state index contributed by atoms with van der Waals surface area (Å²) in [5.41, 5.74) is 4.54. The van der Waals surface area contributed by atoms with E-state index in [0.717, 1.165) is 56.2 Å². The predicted molar refractivity (Wildman–Crippen MR) is 244 cm³/mol. The Morgan fingerprint density at radius 2 is 1.03 bits per heavy atom. The summed E-state index contributed by atoms with van der Waals surface area (Å²) in [5, 5.41) is 13.2. The maximum Gasteiger partial charge on any atom is 0.161 e. The van der Waals surface area contributed by atoms with E-state index in [4.69, 9.17) is 47.4 Å². The molecule has 6 rings (SSSR count). The molecule has 0 saturated heterocycles. The first-order valence-corrected chi connectivity index (χ1v) is 23.2. The summed E-state index contributed by atoms with van der Waals surface area (Å²) in [5.74, 6) is 3.49. The van der Waals surface area contributed by atoms with E-state index in [-0.39, 0.29) is 0 Å². The van der Waals surface area contributed by atoms with Crippen LogP contribution in [0, 0.1) is 0 Å². The number of nitrogens with two attached hydrogens (primary N) is 2. The third kappa shape index (κ3) is 20.2. The van der Waals surface area contributed by atoms with Crippen molar-refractivity contribution in [2.75, 3.05) is 99.0 Å². The van der Waals surface area contributed by atoms with E-state index < -0.39 is 0 Å². The molecule has 15 heteroatoms. The van der Waals surface area contributed by atoms with Gasteiger partial charge in [0, 0.05) is 23.2 Å². The lowest BCUT2D eigenvalue weighted by Crippen LogP contribution is -2.82. The van der Waals surface area contributed by atoms with Gasteiger partial charge in [0.2, 0.25) is 0 Å². The SMILES string of the molecule is c1ccc(C[NH2+]CCCCCCn2cc(COCCOc3ccc(C[NH2+]Cc4ccc5c(c4)OCCOCCOCCOc4ccccc4OCCOCCOCCO5)cc3)nn2)cc1. The first-order chi connectivity index (χ1) is 32.3. The number of nitrogens with zero attached hydrogens (tertiary/aromatic N) is 3. The molecule has 352 valence electrons. The van der Waals surface area contributed by atoms with Crippen molar-refractivity contribution >= 4 is 0 Å². The fraction of sp³-hybridized carbons (Fsp3) is 0.480. The van der Waals surface area contributed by atoms with Crippen LogP contribution in [0.4, 0.5) is 0 Å². The van der Waals surface area contributed by atoms with Gasteiger partial charge in [-0.25, -0.2) is 0 Å². The van der Waals surface area contributed by atoms with Gasteiger partial charge in [0.15, 0.2) is 23.0 Å². The quantitative estimate of drug-likeness (QED) is 0.110. The largest absolute Gasteiger partial charge is 0.491 e. The minimum absolute atomic E-state index is 0.372. The van der Waals surface area contributed by atoms with Crippen LogP contribution >= 0.6 is 0 Å². The number of quaternary nitrogens is 2. The van der Waals surface area contributed by atoms with Crippen molar-refractivity contribution in [3.63, 3.8) is 0 Å². The number of hydrogen-bond acceptors (Lipinski definition) is 12. The second kappa shape index (κ2) is 30.8. The zero-order valence-corrected chi connectivity index (χ0v) is 37.9. The molecule has 0 aliphatic carbocycles. The molecule has 65 heavy (non-hydrogen) atoms. The van der Waals surface area contributed by atoms with Crippen molar-refractivity contribution in [2.24, 2.45) is 0 Å². The van der Waals surface area contributed by atoms with Crippen molar-refractivity contribution in [2.45, 2.75) is 58.5 Å². The summed E-state index contributed by atoms with van der Waals surface area (Å²) in [6, 6.07) is 32.5. The molecule has 1 aliphatic rings. The molecule has 0 fully saturated rings. The highest BCUT2D eigenvalue weighted by Crippen LogP contribution is 2.29. The number of aryl methyl sites for hydroxylation is 1. The van der Waals surface area contributed by atoms with Crippen LogP contribution in [0.25, 0.3) is 0 Å². The number of para-hydroxylation sites is 2. The predicted octanol–water partition coefficient (Wildman–Crippen LogP) is 4.76. The van der Waals surface area contributed by atoms with Crippen molar-refractivity contribution in [3.05, 3.63) is 126 Å². The lowest BCUT2D eigenvalue weighted by molar-refractivity contribution is -0.686. The Kier molecular flexibility index (Phi) is 23.3. The van der Waals surface area contributed by atoms with E-state index in [9.17, 15) is 0 Å². The standard InChI is InChI=1S/C50H67N5O10/c1(8-20-51-37-42-10-4-3-5-11-42)2-9-21-55-40-45(53-54-55)41-60-30-31-61-46-17-14-43(15-18-46)38-52-39-44-16-19-49-50(36-44)65-35-29-59-25-24-57-27-33-63-48-13-7-6-12-47(48)62-32-26-56-22-23-58-28-34-64-49/h3-7,10-19,36,40,51-52H,1-2,8-9,20-35,37-39,41H2/p+2. The molecule has 0 unspecified atom stereocenters. The van der Waals surface area contributed by atoms with Crippen LogP contribution in [-0.4, -0.2) is 114 Å². The topological polar surface area (TPSA) is 156 Å². The second-order valence-electron chi connectivity index (χ2n) is 15.5. The molecular weight excluding hydrogens is 831 g/mol.